The zero-order chi connectivity index (χ0) is 20.4. The Bertz CT molecular complexity index is 757. The number of nitrogens with one attached hydrogen (secondary N) is 1. The molecule has 0 radical (unpaired) electrons. The van der Waals surface area contributed by atoms with Gasteiger partial charge in [0.1, 0.15) is 5.69 Å². The highest BCUT2D eigenvalue weighted by Crippen LogP contribution is 2.34. The number of amides is 1. The van der Waals surface area contributed by atoms with Crippen LogP contribution < -0.4 is 0 Å². The molecule has 1 aromatic heterocycles. The average molecular weight is 389 g/mol. The van der Waals surface area contributed by atoms with Crippen LogP contribution in [0.2, 0.25) is 0 Å². The van der Waals surface area contributed by atoms with Crippen LogP contribution in [0, 0.1) is 25.7 Å². The number of hydrogen-bond acceptors (Lipinski definition) is 4. The number of hydrogen-bond donors (Lipinski definition) is 1. The molecule has 28 heavy (non-hydrogen) atoms. The second kappa shape index (κ2) is 8.50. The summed E-state index contributed by atoms with van der Waals surface area (Å²) in [5, 5.41) is 0. The van der Waals surface area contributed by atoms with Crippen molar-refractivity contribution in [3.63, 3.8) is 0 Å². The molecule has 154 valence electrons. The molecule has 0 spiro atoms. The van der Waals surface area contributed by atoms with Gasteiger partial charge in [0.15, 0.2) is 5.78 Å². The molecular weight excluding hydrogens is 356 g/mol. The number of carbonyl (C=O) groups excluding carboxylic acids is 3. The van der Waals surface area contributed by atoms with Gasteiger partial charge in [0.2, 0.25) is 5.91 Å². The topological polar surface area (TPSA) is 79.5 Å². The predicted octanol–water partition coefficient (Wildman–Crippen LogP) is 3.81. The number of H-pyrrole nitrogens is 1. The highest BCUT2D eigenvalue weighted by Gasteiger charge is 2.39. The van der Waals surface area contributed by atoms with E-state index in [1.54, 1.807) is 13.8 Å². The third-order valence-corrected chi connectivity index (χ3v) is 6.31. The van der Waals surface area contributed by atoms with E-state index in [0.29, 0.717) is 35.0 Å². The second-order valence-electron chi connectivity index (χ2n) is 8.43. The van der Waals surface area contributed by atoms with Crippen molar-refractivity contribution in [2.45, 2.75) is 71.8 Å². The Morgan fingerprint density at radius 2 is 1.75 bits per heavy atom. The molecule has 3 rings (SSSR count). The molecule has 2 aliphatic rings. The lowest BCUT2D eigenvalue weighted by molar-refractivity contribution is -0.134. The number of methoxy groups -OCH3 is 1. The minimum Gasteiger partial charge on any atom is -0.464 e. The van der Waals surface area contributed by atoms with E-state index in [9.17, 15) is 14.4 Å². The van der Waals surface area contributed by atoms with E-state index in [1.165, 1.54) is 26.4 Å². The summed E-state index contributed by atoms with van der Waals surface area (Å²) in [7, 11) is 1.32. The van der Waals surface area contributed by atoms with Crippen molar-refractivity contribution in [1.82, 2.24) is 9.88 Å². The van der Waals surface area contributed by atoms with Crippen molar-refractivity contribution in [1.29, 1.82) is 0 Å². The molecule has 0 aromatic carbocycles. The molecule has 1 aromatic rings. The Morgan fingerprint density at radius 1 is 1.11 bits per heavy atom. The predicted molar refractivity (Wildman–Crippen MR) is 106 cm³/mol. The number of aromatic amines is 1. The number of aromatic nitrogens is 1. The second-order valence-corrected chi connectivity index (χ2v) is 8.43. The van der Waals surface area contributed by atoms with Gasteiger partial charge in [-0.05, 0) is 57.9 Å². The summed E-state index contributed by atoms with van der Waals surface area (Å²) in [5.41, 5.74) is 2.05. The minimum atomic E-state index is -0.534. The Hall–Kier alpha value is -2.11. The maximum absolute atomic E-state index is 13.4. The largest absolute Gasteiger partial charge is 0.464 e. The molecule has 6 nitrogen and oxygen atoms in total. The molecule has 2 fully saturated rings. The fourth-order valence-electron chi connectivity index (χ4n) is 4.43. The lowest BCUT2D eigenvalue weighted by atomic mass is 9.88. The summed E-state index contributed by atoms with van der Waals surface area (Å²) in [5.74, 6) is 0.0840. The molecule has 2 aliphatic carbocycles. The van der Waals surface area contributed by atoms with Crippen LogP contribution in [0.1, 0.15) is 84.0 Å². The lowest BCUT2D eigenvalue weighted by Gasteiger charge is -2.34. The molecule has 1 amide bonds. The first-order chi connectivity index (χ1) is 13.3. The van der Waals surface area contributed by atoms with E-state index in [-0.39, 0.29) is 17.6 Å². The number of ether oxygens (including phenoxy) is 1. The van der Waals surface area contributed by atoms with Crippen LogP contribution in [0.3, 0.4) is 0 Å². The summed E-state index contributed by atoms with van der Waals surface area (Å²) < 4.78 is 4.81. The van der Waals surface area contributed by atoms with Gasteiger partial charge < -0.3 is 14.6 Å². The SMILES string of the molecule is COC(=O)c1[nH]c(C)c(C(=O)[C@H](C)N(CC2CCCCC2)C(=O)C2CC2)c1C. The average Bonchev–Trinajstić information content (AvgIpc) is 3.50. The van der Waals surface area contributed by atoms with Gasteiger partial charge in [0.25, 0.3) is 0 Å². The van der Waals surface area contributed by atoms with Crippen molar-refractivity contribution >= 4 is 17.7 Å². The van der Waals surface area contributed by atoms with Gasteiger partial charge in [-0.15, -0.1) is 0 Å². The van der Waals surface area contributed by atoms with Gasteiger partial charge >= 0.3 is 5.97 Å². The van der Waals surface area contributed by atoms with Crippen LogP contribution in [0.25, 0.3) is 0 Å². The first-order valence-electron chi connectivity index (χ1n) is 10.5. The normalized spacial score (nSPS) is 18.6. The van der Waals surface area contributed by atoms with Crippen molar-refractivity contribution < 1.29 is 19.1 Å². The zero-order valence-corrected chi connectivity index (χ0v) is 17.5. The van der Waals surface area contributed by atoms with E-state index in [0.717, 1.165) is 25.7 Å². The third kappa shape index (κ3) is 4.15. The Labute approximate surface area is 167 Å². The van der Waals surface area contributed by atoms with E-state index in [4.69, 9.17) is 4.74 Å². The Morgan fingerprint density at radius 3 is 2.32 bits per heavy atom. The summed E-state index contributed by atoms with van der Waals surface area (Å²) in [6, 6.07) is -0.534. The van der Waals surface area contributed by atoms with Gasteiger partial charge in [-0.2, -0.15) is 0 Å². The van der Waals surface area contributed by atoms with Crippen LogP contribution >= 0.6 is 0 Å². The summed E-state index contributed by atoms with van der Waals surface area (Å²) in [6.07, 6.45) is 7.78. The number of aryl methyl sites for hydroxylation is 1. The maximum Gasteiger partial charge on any atom is 0.354 e. The molecule has 6 heteroatoms. The zero-order valence-electron chi connectivity index (χ0n) is 17.5. The van der Waals surface area contributed by atoms with Crippen LogP contribution in [-0.2, 0) is 9.53 Å². The first-order valence-corrected chi connectivity index (χ1v) is 10.5. The minimum absolute atomic E-state index is 0.0814. The summed E-state index contributed by atoms with van der Waals surface area (Å²) in [4.78, 5) is 43.1. The lowest BCUT2D eigenvalue weighted by Crippen LogP contribution is -2.47. The molecule has 0 saturated heterocycles. The van der Waals surface area contributed by atoms with E-state index < -0.39 is 12.0 Å². The van der Waals surface area contributed by atoms with E-state index >= 15 is 0 Å². The fraction of sp³-hybridized carbons (Fsp3) is 0.682. The molecule has 1 heterocycles. The molecule has 1 N–H and O–H groups in total. The molecular formula is C22H32N2O4. The van der Waals surface area contributed by atoms with Crippen molar-refractivity contribution in [2.24, 2.45) is 11.8 Å². The number of Topliss-reactive ketones (excluding diaryl/α,β-unsaturated/α-hetero) is 1. The van der Waals surface area contributed by atoms with Gasteiger partial charge in [-0.1, -0.05) is 19.3 Å². The standard InChI is InChI=1S/C22H32N2O4/c1-13-18(14(2)23-19(13)22(27)28-4)20(25)15(3)24(21(26)17-10-11-17)12-16-8-6-5-7-9-16/h15-17,23H,5-12H2,1-4H3/t15-/m0/s1. The first kappa shape index (κ1) is 20.6. The highest BCUT2D eigenvalue weighted by atomic mass is 16.5. The van der Waals surface area contributed by atoms with Crippen LogP contribution in [0.4, 0.5) is 0 Å². The maximum atomic E-state index is 13.4. The van der Waals surface area contributed by atoms with Crippen LogP contribution in [-0.4, -0.2) is 47.2 Å². The summed E-state index contributed by atoms with van der Waals surface area (Å²) in [6.45, 7) is 6.03. The van der Waals surface area contributed by atoms with E-state index in [1.807, 2.05) is 11.8 Å². The molecule has 0 unspecified atom stereocenters. The van der Waals surface area contributed by atoms with Crippen LogP contribution in [0.5, 0.6) is 0 Å². The van der Waals surface area contributed by atoms with Crippen molar-refractivity contribution in [3.05, 3.63) is 22.5 Å². The van der Waals surface area contributed by atoms with Crippen molar-refractivity contribution in [3.8, 4) is 0 Å². The van der Waals surface area contributed by atoms with Gasteiger partial charge in [0.05, 0.1) is 13.2 Å². The molecule has 0 bridgehead atoms. The molecule has 0 aliphatic heterocycles. The fourth-order valence-corrected chi connectivity index (χ4v) is 4.43. The van der Waals surface area contributed by atoms with Crippen molar-refractivity contribution in [2.75, 3.05) is 13.7 Å². The van der Waals surface area contributed by atoms with Gasteiger partial charge in [-0.25, -0.2) is 4.79 Å². The van der Waals surface area contributed by atoms with Gasteiger partial charge in [0, 0.05) is 23.7 Å². The van der Waals surface area contributed by atoms with E-state index in [2.05, 4.69) is 4.98 Å². The molecule has 2 saturated carbocycles. The Balaban J connectivity index is 1.84. The quantitative estimate of drug-likeness (QED) is 0.569. The number of esters is 1. The number of rotatable bonds is 7. The number of ketones is 1. The monoisotopic (exact) mass is 388 g/mol. The Kier molecular flexibility index (Phi) is 6.26. The smallest absolute Gasteiger partial charge is 0.354 e. The summed E-state index contributed by atoms with van der Waals surface area (Å²) >= 11 is 0. The molecule has 1 atom stereocenters. The third-order valence-electron chi connectivity index (χ3n) is 6.31. The number of carbonyl (C=O) groups is 3. The number of nitrogens with zero attached hydrogens (tertiary/aromatic N) is 1. The van der Waals surface area contributed by atoms with Gasteiger partial charge in [-0.3, -0.25) is 9.59 Å². The highest BCUT2D eigenvalue weighted by molar-refractivity contribution is 6.06. The van der Waals surface area contributed by atoms with Crippen LogP contribution in [0.15, 0.2) is 0 Å².